The average molecular weight is 397 g/mol. The smallest absolute Gasteiger partial charge is 0.238 e. The van der Waals surface area contributed by atoms with Crippen molar-refractivity contribution in [2.45, 2.75) is 45.4 Å². The Labute approximate surface area is 171 Å². The SMILES string of the molecule is CC(C)CC(=O)Nc1ccc([C@H]2SCC(=O)N2c2ccccc2C(C)C)cc1. The minimum absolute atomic E-state index is 0.0284. The van der Waals surface area contributed by atoms with Crippen molar-refractivity contribution >= 4 is 35.0 Å². The summed E-state index contributed by atoms with van der Waals surface area (Å²) in [6.45, 7) is 8.35. The van der Waals surface area contributed by atoms with Gasteiger partial charge in [-0.05, 0) is 41.2 Å². The first-order valence-electron chi connectivity index (χ1n) is 9.79. The number of anilines is 2. The van der Waals surface area contributed by atoms with Crippen LogP contribution in [0.25, 0.3) is 0 Å². The van der Waals surface area contributed by atoms with Crippen LogP contribution in [0.15, 0.2) is 48.5 Å². The Kier molecular flexibility index (Phi) is 6.45. The van der Waals surface area contributed by atoms with E-state index in [1.807, 2.05) is 61.2 Å². The van der Waals surface area contributed by atoms with E-state index in [1.165, 1.54) is 5.56 Å². The van der Waals surface area contributed by atoms with E-state index in [-0.39, 0.29) is 17.2 Å². The third-order valence-corrected chi connectivity index (χ3v) is 5.97. The van der Waals surface area contributed by atoms with Crippen LogP contribution >= 0.6 is 11.8 Å². The Morgan fingerprint density at radius 1 is 1.11 bits per heavy atom. The molecule has 1 atom stereocenters. The molecule has 5 heteroatoms. The zero-order valence-corrected chi connectivity index (χ0v) is 17.8. The molecule has 1 saturated heterocycles. The van der Waals surface area contributed by atoms with Crippen LogP contribution in [-0.4, -0.2) is 17.6 Å². The minimum atomic E-state index is -0.0483. The van der Waals surface area contributed by atoms with Gasteiger partial charge in [-0.3, -0.25) is 14.5 Å². The number of hydrogen-bond donors (Lipinski definition) is 1. The zero-order chi connectivity index (χ0) is 20.3. The third kappa shape index (κ3) is 4.58. The minimum Gasteiger partial charge on any atom is -0.326 e. The lowest BCUT2D eigenvalue weighted by molar-refractivity contribution is -0.117. The molecule has 0 aromatic heterocycles. The van der Waals surface area contributed by atoms with Crippen LogP contribution in [0.2, 0.25) is 0 Å². The van der Waals surface area contributed by atoms with Crippen LogP contribution < -0.4 is 10.2 Å². The number of carbonyl (C=O) groups is 2. The summed E-state index contributed by atoms with van der Waals surface area (Å²) >= 11 is 1.64. The molecule has 3 rings (SSSR count). The first-order valence-corrected chi connectivity index (χ1v) is 10.8. The molecule has 0 radical (unpaired) electrons. The van der Waals surface area contributed by atoms with Crippen molar-refractivity contribution in [2.24, 2.45) is 5.92 Å². The normalized spacial score (nSPS) is 16.9. The number of carbonyl (C=O) groups excluding carboxylic acids is 2. The summed E-state index contributed by atoms with van der Waals surface area (Å²) in [6, 6.07) is 16.0. The molecule has 148 valence electrons. The number of nitrogens with one attached hydrogen (secondary N) is 1. The molecule has 2 aromatic rings. The van der Waals surface area contributed by atoms with Gasteiger partial charge in [-0.15, -0.1) is 11.8 Å². The van der Waals surface area contributed by atoms with Crippen molar-refractivity contribution in [3.8, 4) is 0 Å². The lowest BCUT2D eigenvalue weighted by Gasteiger charge is -2.27. The van der Waals surface area contributed by atoms with Gasteiger partial charge in [-0.1, -0.05) is 58.0 Å². The fourth-order valence-corrected chi connectivity index (χ4v) is 4.61. The van der Waals surface area contributed by atoms with Crippen molar-refractivity contribution in [2.75, 3.05) is 16.0 Å². The largest absolute Gasteiger partial charge is 0.326 e. The van der Waals surface area contributed by atoms with Gasteiger partial charge in [-0.2, -0.15) is 0 Å². The van der Waals surface area contributed by atoms with Gasteiger partial charge in [-0.25, -0.2) is 0 Å². The van der Waals surface area contributed by atoms with Crippen LogP contribution in [0.1, 0.15) is 56.5 Å². The summed E-state index contributed by atoms with van der Waals surface area (Å²) in [5.41, 5.74) is 4.03. The highest BCUT2D eigenvalue weighted by molar-refractivity contribution is 8.00. The molecule has 0 spiro atoms. The maximum Gasteiger partial charge on any atom is 0.238 e. The fourth-order valence-electron chi connectivity index (χ4n) is 3.44. The Bertz CT molecular complexity index is 846. The fraction of sp³-hybridized carbons (Fsp3) is 0.391. The molecule has 0 aliphatic carbocycles. The van der Waals surface area contributed by atoms with Crippen molar-refractivity contribution in [3.05, 3.63) is 59.7 Å². The van der Waals surface area contributed by atoms with Crippen molar-refractivity contribution < 1.29 is 9.59 Å². The summed E-state index contributed by atoms with van der Waals surface area (Å²) in [6.07, 6.45) is 0.508. The van der Waals surface area contributed by atoms with Crippen LogP contribution in [0.5, 0.6) is 0 Å². The Morgan fingerprint density at radius 2 is 1.79 bits per heavy atom. The second kappa shape index (κ2) is 8.82. The molecule has 1 aliphatic heterocycles. The van der Waals surface area contributed by atoms with Gasteiger partial charge in [0.05, 0.1) is 5.75 Å². The summed E-state index contributed by atoms with van der Waals surface area (Å²) in [5.74, 6) is 1.31. The van der Waals surface area contributed by atoms with Gasteiger partial charge in [0.25, 0.3) is 0 Å². The zero-order valence-electron chi connectivity index (χ0n) is 16.9. The number of thioether (sulfide) groups is 1. The maximum atomic E-state index is 12.7. The van der Waals surface area contributed by atoms with Crippen LogP contribution in [-0.2, 0) is 9.59 Å². The number of para-hydroxylation sites is 1. The van der Waals surface area contributed by atoms with Gasteiger partial charge in [0.1, 0.15) is 5.37 Å². The second-order valence-corrected chi connectivity index (χ2v) is 8.98. The lowest BCUT2D eigenvalue weighted by Crippen LogP contribution is -2.29. The monoisotopic (exact) mass is 396 g/mol. The highest BCUT2D eigenvalue weighted by atomic mass is 32.2. The molecule has 0 unspecified atom stereocenters. The molecule has 2 aromatic carbocycles. The number of rotatable bonds is 6. The van der Waals surface area contributed by atoms with Gasteiger partial charge < -0.3 is 5.32 Å². The third-order valence-electron chi connectivity index (χ3n) is 4.76. The van der Waals surface area contributed by atoms with E-state index >= 15 is 0 Å². The highest BCUT2D eigenvalue weighted by Gasteiger charge is 2.35. The topological polar surface area (TPSA) is 49.4 Å². The standard InChI is InChI=1S/C23H28N2O2S/c1-15(2)13-21(26)24-18-11-9-17(10-12-18)23-25(22(27)14-28-23)20-8-6-5-7-19(20)16(3)4/h5-12,15-16,23H,13-14H2,1-4H3,(H,24,26)/t23-/m1/s1. The molecule has 0 saturated carbocycles. The predicted molar refractivity (Wildman–Crippen MR) is 118 cm³/mol. The molecule has 1 heterocycles. The number of nitrogens with zero attached hydrogens (tertiary/aromatic N) is 1. The summed E-state index contributed by atoms with van der Waals surface area (Å²) in [5, 5.41) is 2.89. The molecule has 28 heavy (non-hydrogen) atoms. The first-order chi connectivity index (χ1) is 13.4. The van der Waals surface area contributed by atoms with Gasteiger partial charge in [0.15, 0.2) is 0 Å². The van der Waals surface area contributed by atoms with E-state index < -0.39 is 0 Å². The van der Waals surface area contributed by atoms with Crippen LogP contribution in [0.3, 0.4) is 0 Å². The molecule has 1 fully saturated rings. The predicted octanol–water partition coefficient (Wildman–Crippen LogP) is 5.57. The van der Waals surface area contributed by atoms with Crippen LogP contribution in [0, 0.1) is 5.92 Å². The molecule has 0 bridgehead atoms. The first kappa shape index (κ1) is 20.5. The quantitative estimate of drug-likeness (QED) is 0.694. The second-order valence-electron chi connectivity index (χ2n) is 7.91. The van der Waals surface area contributed by atoms with E-state index in [0.29, 0.717) is 24.0 Å². The lowest BCUT2D eigenvalue weighted by atomic mass is 10.00. The average Bonchev–Trinajstić information content (AvgIpc) is 3.03. The van der Waals surface area contributed by atoms with E-state index in [9.17, 15) is 9.59 Å². The molecule has 4 nitrogen and oxygen atoms in total. The molecule has 2 amide bonds. The molecular weight excluding hydrogens is 368 g/mol. The molecular formula is C23H28N2O2S. The summed E-state index contributed by atoms with van der Waals surface area (Å²) in [4.78, 5) is 26.6. The number of amides is 2. The van der Waals surface area contributed by atoms with E-state index in [2.05, 4.69) is 25.2 Å². The summed E-state index contributed by atoms with van der Waals surface area (Å²) < 4.78 is 0. The van der Waals surface area contributed by atoms with Gasteiger partial charge >= 0.3 is 0 Å². The highest BCUT2D eigenvalue weighted by Crippen LogP contribution is 2.44. The Hall–Kier alpha value is -2.27. The van der Waals surface area contributed by atoms with Gasteiger partial charge in [0, 0.05) is 17.8 Å². The number of hydrogen-bond acceptors (Lipinski definition) is 3. The number of benzene rings is 2. The van der Waals surface area contributed by atoms with E-state index in [0.717, 1.165) is 16.9 Å². The Balaban J connectivity index is 1.83. The summed E-state index contributed by atoms with van der Waals surface area (Å²) in [7, 11) is 0. The Morgan fingerprint density at radius 3 is 2.43 bits per heavy atom. The molecule has 1 aliphatic rings. The van der Waals surface area contributed by atoms with E-state index in [1.54, 1.807) is 11.8 Å². The maximum absolute atomic E-state index is 12.7. The van der Waals surface area contributed by atoms with Gasteiger partial charge in [0.2, 0.25) is 11.8 Å². The molecule has 1 N–H and O–H groups in total. The van der Waals surface area contributed by atoms with Crippen molar-refractivity contribution in [1.82, 2.24) is 0 Å². The van der Waals surface area contributed by atoms with E-state index in [4.69, 9.17) is 0 Å². The van der Waals surface area contributed by atoms with Crippen LogP contribution in [0.4, 0.5) is 11.4 Å². The van der Waals surface area contributed by atoms with Crippen molar-refractivity contribution in [3.63, 3.8) is 0 Å². The van der Waals surface area contributed by atoms with Crippen molar-refractivity contribution in [1.29, 1.82) is 0 Å².